The van der Waals surface area contributed by atoms with Gasteiger partial charge < -0.3 is 10.1 Å². The van der Waals surface area contributed by atoms with Gasteiger partial charge in [0.25, 0.3) is 0 Å². The number of nitrogens with one attached hydrogen (secondary N) is 1. The van der Waals surface area contributed by atoms with E-state index >= 15 is 0 Å². The summed E-state index contributed by atoms with van der Waals surface area (Å²) in [4.78, 5) is 4.28. The second kappa shape index (κ2) is 3.76. The van der Waals surface area contributed by atoms with Crippen molar-refractivity contribution in [3.8, 4) is 0 Å². The van der Waals surface area contributed by atoms with E-state index in [-0.39, 0.29) is 0 Å². The van der Waals surface area contributed by atoms with Crippen LogP contribution in [-0.2, 0) is 4.74 Å². The first-order valence-corrected chi connectivity index (χ1v) is 6.07. The molecule has 2 heterocycles. The molecule has 1 N–H and O–H groups in total. The molecule has 1 saturated heterocycles. The maximum atomic E-state index is 5.35. The van der Waals surface area contributed by atoms with E-state index in [4.69, 9.17) is 4.74 Å². The summed E-state index contributed by atoms with van der Waals surface area (Å²) in [6.45, 7) is 2.96. The van der Waals surface area contributed by atoms with Crippen LogP contribution in [0.25, 0.3) is 0 Å². The zero-order valence-corrected chi connectivity index (χ0v) is 9.90. The summed E-state index contributed by atoms with van der Waals surface area (Å²) in [5, 5.41) is 3.37. The van der Waals surface area contributed by atoms with Crippen LogP contribution < -0.4 is 5.32 Å². The molecule has 2 fully saturated rings. The Morgan fingerprint density at radius 3 is 2.87 bits per heavy atom. The number of pyridine rings is 1. The van der Waals surface area contributed by atoms with Crippen molar-refractivity contribution in [1.29, 1.82) is 0 Å². The number of aromatic nitrogens is 1. The lowest BCUT2D eigenvalue weighted by Crippen LogP contribution is -2.10. The van der Waals surface area contributed by atoms with Gasteiger partial charge in [0.2, 0.25) is 0 Å². The fourth-order valence-electron chi connectivity index (χ4n) is 2.36. The summed E-state index contributed by atoms with van der Waals surface area (Å²) < 4.78 is 6.37. The maximum absolute atomic E-state index is 5.35. The molecule has 3 nitrogen and oxygen atoms in total. The fourth-order valence-corrected chi connectivity index (χ4v) is 2.60. The smallest absolute Gasteiger partial charge is 0.125 e. The molecular formula is C11H13BrN2O. The van der Waals surface area contributed by atoms with Crippen LogP contribution in [0.5, 0.6) is 0 Å². The molecule has 1 saturated carbocycles. The number of ether oxygens (including phenoxy) is 1. The fraction of sp³-hybridized carbons (Fsp3) is 0.545. The molecular weight excluding hydrogens is 256 g/mol. The van der Waals surface area contributed by atoms with E-state index in [1.54, 1.807) is 0 Å². The summed E-state index contributed by atoms with van der Waals surface area (Å²) in [6.07, 6.45) is 1.82. The third-order valence-electron chi connectivity index (χ3n) is 3.38. The first kappa shape index (κ1) is 9.60. The predicted octanol–water partition coefficient (Wildman–Crippen LogP) is 2.15. The van der Waals surface area contributed by atoms with Crippen LogP contribution >= 0.6 is 15.9 Å². The van der Waals surface area contributed by atoms with Crippen molar-refractivity contribution >= 4 is 21.7 Å². The number of anilines is 1. The normalized spacial score (nSPS) is 32.5. The number of rotatable bonds is 3. The van der Waals surface area contributed by atoms with Crippen molar-refractivity contribution in [2.45, 2.75) is 0 Å². The molecule has 3 rings (SSSR count). The lowest BCUT2D eigenvalue weighted by atomic mass is 10.3. The summed E-state index contributed by atoms with van der Waals surface area (Å²) in [7, 11) is 0. The Hall–Kier alpha value is -0.610. The lowest BCUT2D eigenvalue weighted by Gasteiger charge is -2.07. The molecule has 0 bridgehead atoms. The topological polar surface area (TPSA) is 34.1 Å². The number of hydrogen-bond acceptors (Lipinski definition) is 3. The van der Waals surface area contributed by atoms with Crippen molar-refractivity contribution in [1.82, 2.24) is 4.98 Å². The Kier molecular flexibility index (Phi) is 2.41. The minimum Gasteiger partial charge on any atom is -0.381 e. The van der Waals surface area contributed by atoms with E-state index in [0.717, 1.165) is 47.8 Å². The second-order valence-electron chi connectivity index (χ2n) is 4.27. The molecule has 0 amide bonds. The van der Waals surface area contributed by atoms with Crippen LogP contribution in [0, 0.1) is 17.8 Å². The highest BCUT2D eigenvalue weighted by Gasteiger charge is 2.53. The molecule has 1 aromatic rings. The summed E-state index contributed by atoms with van der Waals surface area (Å²) in [5.74, 6) is 3.40. The number of halogens is 1. The summed E-state index contributed by atoms with van der Waals surface area (Å²) >= 11 is 3.37. The summed E-state index contributed by atoms with van der Waals surface area (Å²) in [6, 6.07) is 4.00. The molecule has 15 heavy (non-hydrogen) atoms. The molecule has 2 atom stereocenters. The Balaban J connectivity index is 1.52. The predicted molar refractivity (Wildman–Crippen MR) is 61.7 cm³/mol. The van der Waals surface area contributed by atoms with Gasteiger partial charge in [-0.15, -0.1) is 0 Å². The quantitative estimate of drug-likeness (QED) is 0.913. The molecule has 1 aliphatic carbocycles. The monoisotopic (exact) mass is 268 g/mol. The molecule has 1 aromatic heterocycles. The van der Waals surface area contributed by atoms with Gasteiger partial charge in [-0.05, 0) is 45.8 Å². The van der Waals surface area contributed by atoms with Gasteiger partial charge in [0.05, 0.1) is 13.2 Å². The van der Waals surface area contributed by atoms with Crippen molar-refractivity contribution in [3.05, 3.63) is 22.8 Å². The van der Waals surface area contributed by atoms with Crippen molar-refractivity contribution < 1.29 is 4.74 Å². The molecule has 0 aromatic carbocycles. The SMILES string of the molecule is Brc1ccc(NCC2C3COCC23)nc1. The van der Waals surface area contributed by atoms with Gasteiger partial charge in [-0.3, -0.25) is 0 Å². The average Bonchev–Trinajstić information content (AvgIpc) is 2.71. The van der Waals surface area contributed by atoms with Crippen LogP contribution in [0.2, 0.25) is 0 Å². The van der Waals surface area contributed by atoms with E-state index in [1.807, 2.05) is 18.3 Å². The Labute approximate surface area is 97.4 Å². The van der Waals surface area contributed by atoms with Gasteiger partial charge in [0, 0.05) is 17.2 Å². The van der Waals surface area contributed by atoms with Gasteiger partial charge in [0.15, 0.2) is 0 Å². The van der Waals surface area contributed by atoms with Gasteiger partial charge in [-0.25, -0.2) is 4.98 Å². The zero-order valence-electron chi connectivity index (χ0n) is 8.32. The Morgan fingerprint density at radius 1 is 1.40 bits per heavy atom. The highest BCUT2D eigenvalue weighted by Crippen LogP contribution is 2.50. The maximum Gasteiger partial charge on any atom is 0.125 e. The van der Waals surface area contributed by atoms with Crippen molar-refractivity contribution in [2.24, 2.45) is 17.8 Å². The average molecular weight is 269 g/mol. The lowest BCUT2D eigenvalue weighted by molar-refractivity contribution is 0.153. The molecule has 80 valence electrons. The van der Waals surface area contributed by atoms with E-state index < -0.39 is 0 Å². The third kappa shape index (κ3) is 1.88. The molecule has 2 unspecified atom stereocenters. The molecule has 0 spiro atoms. The van der Waals surface area contributed by atoms with E-state index in [0.29, 0.717) is 0 Å². The molecule has 0 radical (unpaired) electrons. The minimum absolute atomic E-state index is 0.809. The van der Waals surface area contributed by atoms with E-state index in [2.05, 4.69) is 26.2 Å². The Morgan fingerprint density at radius 2 is 2.20 bits per heavy atom. The van der Waals surface area contributed by atoms with Gasteiger partial charge in [-0.1, -0.05) is 0 Å². The standard InChI is InChI=1S/C11H13BrN2O/c12-7-1-2-11(13-3-7)14-4-8-9-5-15-6-10(8)9/h1-3,8-10H,4-6H2,(H,13,14). The number of hydrogen-bond donors (Lipinski definition) is 1. The Bertz CT molecular complexity index is 344. The van der Waals surface area contributed by atoms with E-state index in [1.165, 1.54) is 0 Å². The van der Waals surface area contributed by atoms with Crippen LogP contribution in [0.1, 0.15) is 0 Å². The summed E-state index contributed by atoms with van der Waals surface area (Å²) in [5.41, 5.74) is 0. The van der Waals surface area contributed by atoms with Gasteiger partial charge in [0.1, 0.15) is 5.82 Å². The highest BCUT2D eigenvalue weighted by molar-refractivity contribution is 9.10. The minimum atomic E-state index is 0.809. The molecule has 1 aliphatic heterocycles. The first-order valence-electron chi connectivity index (χ1n) is 5.28. The second-order valence-corrected chi connectivity index (χ2v) is 5.19. The zero-order chi connectivity index (χ0) is 10.3. The van der Waals surface area contributed by atoms with Crippen molar-refractivity contribution in [2.75, 3.05) is 25.1 Å². The first-order chi connectivity index (χ1) is 7.34. The number of nitrogens with zero attached hydrogens (tertiary/aromatic N) is 1. The molecule has 4 heteroatoms. The third-order valence-corrected chi connectivity index (χ3v) is 3.84. The van der Waals surface area contributed by atoms with E-state index in [9.17, 15) is 0 Å². The van der Waals surface area contributed by atoms with Crippen LogP contribution in [0.4, 0.5) is 5.82 Å². The molecule has 2 aliphatic rings. The van der Waals surface area contributed by atoms with Crippen LogP contribution in [0.15, 0.2) is 22.8 Å². The van der Waals surface area contributed by atoms with Crippen molar-refractivity contribution in [3.63, 3.8) is 0 Å². The van der Waals surface area contributed by atoms with Crippen LogP contribution in [-0.4, -0.2) is 24.7 Å². The van der Waals surface area contributed by atoms with Crippen LogP contribution in [0.3, 0.4) is 0 Å². The number of fused-ring (bicyclic) bond motifs is 1. The van der Waals surface area contributed by atoms with Gasteiger partial charge >= 0.3 is 0 Å². The largest absolute Gasteiger partial charge is 0.381 e. The van der Waals surface area contributed by atoms with Gasteiger partial charge in [-0.2, -0.15) is 0 Å². The highest BCUT2D eigenvalue weighted by atomic mass is 79.9.